The number of primary amides is 1. The van der Waals surface area contributed by atoms with Gasteiger partial charge in [0.15, 0.2) is 0 Å². The van der Waals surface area contributed by atoms with E-state index in [1.807, 2.05) is 12.1 Å². The van der Waals surface area contributed by atoms with Crippen LogP contribution in [0.2, 0.25) is 0 Å². The first-order chi connectivity index (χ1) is 8.19. The maximum atomic E-state index is 10.9. The van der Waals surface area contributed by atoms with Crippen LogP contribution in [0.25, 0.3) is 0 Å². The van der Waals surface area contributed by atoms with Gasteiger partial charge in [0.05, 0.1) is 0 Å². The van der Waals surface area contributed by atoms with Crippen molar-refractivity contribution in [3.05, 3.63) is 35.4 Å². The molecule has 1 aromatic carbocycles. The summed E-state index contributed by atoms with van der Waals surface area (Å²) >= 11 is 0. The van der Waals surface area contributed by atoms with Crippen LogP contribution < -0.4 is 11.5 Å². The first-order valence-electron chi connectivity index (χ1n) is 6.00. The molecule has 1 atom stereocenters. The number of rotatable bonds is 4. The smallest absolute Gasteiger partial charge is 0.248 e. The van der Waals surface area contributed by atoms with E-state index in [0.717, 1.165) is 26.2 Å². The van der Waals surface area contributed by atoms with Gasteiger partial charge in [-0.25, -0.2) is 0 Å². The number of halogens is 1. The second-order valence-corrected chi connectivity index (χ2v) is 4.69. The van der Waals surface area contributed by atoms with E-state index >= 15 is 0 Å². The van der Waals surface area contributed by atoms with Crippen molar-refractivity contribution in [2.24, 2.45) is 17.4 Å². The molecule has 1 fully saturated rings. The number of nitrogens with two attached hydrogens (primary N) is 2. The van der Waals surface area contributed by atoms with E-state index in [0.29, 0.717) is 11.5 Å². The number of hydrogen-bond donors (Lipinski definition) is 2. The highest BCUT2D eigenvalue weighted by molar-refractivity contribution is 5.92. The molecule has 0 saturated carbocycles. The Morgan fingerprint density at radius 1 is 1.33 bits per heavy atom. The van der Waals surface area contributed by atoms with Crippen molar-refractivity contribution in [1.82, 2.24) is 4.90 Å². The molecule has 1 saturated heterocycles. The molecule has 1 aliphatic heterocycles. The summed E-state index contributed by atoms with van der Waals surface area (Å²) in [7, 11) is 0. The fraction of sp³-hybridized carbons (Fsp3) is 0.462. The molecule has 1 unspecified atom stereocenters. The summed E-state index contributed by atoms with van der Waals surface area (Å²) in [6.45, 7) is 3.89. The summed E-state index contributed by atoms with van der Waals surface area (Å²) in [6.07, 6.45) is 1.19. The number of carbonyl (C=O) groups excluding carboxylic acids is 1. The average Bonchev–Trinajstić information content (AvgIpc) is 2.77. The molecule has 1 aromatic rings. The zero-order chi connectivity index (χ0) is 12.3. The lowest BCUT2D eigenvalue weighted by atomic mass is 10.1. The van der Waals surface area contributed by atoms with Crippen LogP contribution in [-0.4, -0.2) is 30.4 Å². The number of amides is 1. The van der Waals surface area contributed by atoms with E-state index < -0.39 is 0 Å². The van der Waals surface area contributed by atoms with Crippen molar-refractivity contribution in [2.45, 2.75) is 13.0 Å². The van der Waals surface area contributed by atoms with E-state index in [4.69, 9.17) is 11.5 Å². The Morgan fingerprint density at radius 2 is 2.00 bits per heavy atom. The Bertz CT molecular complexity index is 394. The summed E-state index contributed by atoms with van der Waals surface area (Å²) in [4.78, 5) is 13.3. The normalized spacial score (nSPS) is 19.5. The van der Waals surface area contributed by atoms with Crippen molar-refractivity contribution in [2.75, 3.05) is 19.6 Å². The van der Waals surface area contributed by atoms with Crippen LogP contribution in [0.1, 0.15) is 22.3 Å². The maximum absolute atomic E-state index is 10.9. The van der Waals surface area contributed by atoms with Gasteiger partial charge in [-0.15, -0.1) is 12.4 Å². The van der Waals surface area contributed by atoms with Crippen LogP contribution in [0, 0.1) is 5.92 Å². The highest BCUT2D eigenvalue weighted by Crippen LogP contribution is 2.17. The molecule has 1 amide bonds. The van der Waals surface area contributed by atoms with Gasteiger partial charge >= 0.3 is 0 Å². The molecule has 5 heteroatoms. The molecule has 1 aliphatic rings. The van der Waals surface area contributed by atoms with Crippen LogP contribution >= 0.6 is 12.4 Å². The monoisotopic (exact) mass is 269 g/mol. The van der Waals surface area contributed by atoms with Crippen molar-refractivity contribution < 1.29 is 4.79 Å². The molecule has 1 heterocycles. The lowest BCUT2D eigenvalue weighted by Crippen LogP contribution is -2.22. The number of hydrogen-bond acceptors (Lipinski definition) is 3. The van der Waals surface area contributed by atoms with Gasteiger partial charge < -0.3 is 11.5 Å². The fourth-order valence-corrected chi connectivity index (χ4v) is 2.28. The van der Waals surface area contributed by atoms with Crippen molar-refractivity contribution in [3.63, 3.8) is 0 Å². The Balaban J connectivity index is 0.00000162. The minimum Gasteiger partial charge on any atom is -0.366 e. The zero-order valence-corrected chi connectivity index (χ0v) is 11.2. The minimum atomic E-state index is -0.374. The Morgan fingerprint density at radius 3 is 2.50 bits per heavy atom. The quantitative estimate of drug-likeness (QED) is 0.856. The van der Waals surface area contributed by atoms with Crippen molar-refractivity contribution in [1.29, 1.82) is 0 Å². The molecule has 0 aliphatic carbocycles. The molecule has 2 rings (SSSR count). The zero-order valence-electron chi connectivity index (χ0n) is 10.3. The largest absolute Gasteiger partial charge is 0.366 e. The Kier molecular flexibility index (Phi) is 5.59. The van der Waals surface area contributed by atoms with Crippen LogP contribution in [0.5, 0.6) is 0 Å². The standard InChI is InChI=1S/C13H19N3O.ClH/c14-7-11-5-6-16(9-11)8-10-1-3-12(4-2-10)13(15)17;/h1-4,11H,5-9,14H2,(H2,15,17);1H. The lowest BCUT2D eigenvalue weighted by Gasteiger charge is -2.15. The summed E-state index contributed by atoms with van der Waals surface area (Å²) in [6, 6.07) is 7.51. The summed E-state index contributed by atoms with van der Waals surface area (Å²) in [5, 5.41) is 0. The number of nitrogens with zero attached hydrogens (tertiary/aromatic N) is 1. The highest BCUT2D eigenvalue weighted by Gasteiger charge is 2.20. The topological polar surface area (TPSA) is 72.3 Å². The van der Waals surface area contributed by atoms with E-state index in [2.05, 4.69) is 4.90 Å². The lowest BCUT2D eigenvalue weighted by molar-refractivity contribution is 0.100. The van der Waals surface area contributed by atoms with Gasteiger partial charge in [-0.1, -0.05) is 12.1 Å². The maximum Gasteiger partial charge on any atom is 0.248 e. The first kappa shape index (κ1) is 15.0. The number of likely N-dealkylation sites (tertiary alicyclic amines) is 1. The number of benzene rings is 1. The summed E-state index contributed by atoms with van der Waals surface area (Å²) in [5.74, 6) is 0.265. The van der Waals surface area contributed by atoms with Crippen LogP contribution in [0.15, 0.2) is 24.3 Å². The van der Waals surface area contributed by atoms with Gasteiger partial charge in [0.2, 0.25) is 5.91 Å². The van der Waals surface area contributed by atoms with Crippen molar-refractivity contribution in [3.8, 4) is 0 Å². The third-order valence-electron chi connectivity index (χ3n) is 3.35. The average molecular weight is 270 g/mol. The van der Waals surface area contributed by atoms with Gasteiger partial charge in [0.1, 0.15) is 0 Å². The summed E-state index contributed by atoms with van der Waals surface area (Å²) in [5.41, 5.74) is 12.6. The second kappa shape index (κ2) is 6.73. The second-order valence-electron chi connectivity index (χ2n) is 4.69. The molecular weight excluding hydrogens is 250 g/mol. The third-order valence-corrected chi connectivity index (χ3v) is 3.35. The predicted octanol–water partition coefficient (Wildman–Crippen LogP) is 0.988. The predicted molar refractivity (Wildman–Crippen MR) is 74.6 cm³/mol. The minimum absolute atomic E-state index is 0. The molecule has 4 N–H and O–H groups in total. The molecule has 0 spiro atoms. The van der Waals surface area contributed by atoms with E-state index in [9.17, 15) is 4.79 Å². The molecule has 0 bridgehead atoms. The van der Waals surface area contributed by atoms with Crippen LogP contribution in [-0.2, 0) is 6.54 Å². The Hall–Kier alpha value is -1.10. The fourth-order valence-electron chi connectivity index (χ4n) is 2.28. The molecule has 100 valence electrons. The van der Waals surface area contributed by atoms with Gasteiger partial charge in [0, 0.05) is 18.7 Å². The summed E-state index contributed by atoms with van der Waals surface area (Å²) < 4.78 is 0. The van der Waals surface area contributed by atoms with Crippen LogP contribution in [0.4, 0.5) is 0 Å². The first-order valence-corrected chi connectivity index (χ1v) is 6.00. The third kappa shape index (κ3) is 3.70. The van der Waals surface area contributed by atoms with Gasteiger partial charge in [0.25, 0.3) is 0 Å². The van der Waals surface area contributed by atoms with Gasteiger partial charge in [-0.3, -0.25) is 9.69 Å². The van der Waals surface area contributed by atoms with Crippen LogP contribution in [0.3, 0.4) is 0 Å². The highest BCUT2D eigenvalue weighted by atomic mass is 35.5. The van der Waals surface area contributed by atoms with E-state index in [-0.39, 0.29) is 18.3 Å². The molecule has 0 aromatic heterocycles. The molecule has 18 heavy (non-hydrogen) atoms. The Labute approximate surface area is 114 Å². The molecule has 0 radical (unpaired) electrons. The van der Waals surface area contributed by atoms with Gasteiger partial charge in [-0.05, 0) is 43.1 Å². The SMILES string of the molecule is Cl.NCC1CCN(Cc2ccc(C(N)=O)cc2)C1. The molecule has 4 nitrogen and oxygen atoms in total. The van der Waals surface area contributed by atoms with Crippen molar-refractivity contribution >= 4 is 18.3 Å². The van der Waals surface area contributed by atoms with E-state index in [1.54, 1.807) is 12.1 Å². The number of carbonyl (C=O) groups is 1. The molecular formula is C13H20ClN3O. The van der Waals surface area contributed by atoms with E-state index in [1.165, 1.54) is 12.0 Å². The van der Waals surface area contributed by atoms with Gasteiger partial charge in [-0.2, -0.15) is 0 Å².